The van der Waals surface area contributed by atoms with Gasteiger partial charge in [0.15, 0.2) is 0 Å². The smallest absolute Gasteiger partial charge is 0.128 e. The number of ether oxygens (including phenoxy) is 1. The number of hydrogen-bond acceptors (Lipinski definition) is 3. The van der Waals surface area contributed by atoms with Crippen molar-refractivity contribution in [1.29, 1.82) is 5.26 Å². The van der Waals surface area contributed by atoms with E-state index in [-0.39, 0.29) is 12.5 Å². The predicted molar refractivity (Wildman–Crippen MR) is 59.7 cm³/mol. The maximum Gasteiger partial charge on any atom is 0.128 e. The number of rotatable bonds is 2. The van der Waals surface area contributed by atoms with Gasteiger partial charge in [-0.25, -0.2) is 4.39 Å². The molecule has 1 aromatic rings. The third kappa shape index (κ3) is 1.92. The Morgan fingerprint density at radius 1 is 1.53 bits per heavy atom. The first-order valence-electron chi connectivity index (χ1n) is 5.59. The minimum atomic E-state index is -0.974. The Kier molecular flexibility index (Phi) is 3.41. The molecule has 17 heavy (non-hydrogen) atoms. The fourth-order valence-corrected chi connectivity index (χ4v) is 2.40. The van der Waals surface area contributed by atoms with Crippen LogP contribution in [0, 0.1) is 23.1 Å². The highest BCUT2D eigenvalue weighted by Crippen LogP contribution is 2.39. The summed E-state index contributed by atoms with van der Waals surface area (Å²) in [6.07, 6.45) is 0.412. The van der Waals surface area contributed by atoms with Crippen LogP contribution in [0.3, 0.4) is 0 Å². The maximum atomic E-state index is 13.8. The van der Waals surface area contributed by atoms with Gasteiger partial charge in [-0.1, -0.05) is 18.2 Å². The molecule has 1 N–H and O–H groups in total. The van der Waals surface area contributed by atoms with Crippen LogP contribution in [-0.4, -0.2) is 24.9 Å². The average molecular weight is 235 g/mol. The van der Waals surface area contributed by atoms with Crippen molar-refractivity contribution >= 4 is 0 Å². The van der Waals surface area contributed by atoms with Crippen molar-refractivity contribution in [2.75, 3.05) is 19.8 Å². The molecule has 2 atom stereocenters. The highest BCUT2D eigenvalue weighted by molar-refractivity contribution is 5.35. The molecular weight excluding hydrogens is 221 g/mol. The Bertz CT molecular complexity index is 443. The Morgan fingerprint density at radius 2 is 2.29 bits per heavy atom. The van der Waals surface area contributed by atoms with E-state index in [2.05, 4.69) is 6.07 Å². The number of nitrogens with zero attached hydrogens (tertiary/aromatic N) is 1. The summed E-state index contributed by atoms with van der Waals surface area (Å²) < 4.78 is 19.1. The third-order valence-corrected chi connectivity index (χ3v) is 3.43. The van der Waals surface area contributed by atoms with Gasteiger partial charge in [-0.15, -0.1) is 0 Å². The van der Waals surface area contributed by atoms with Gasteiger partial charge in [0.1, 0.15) is 5.82 Å². The quantitative estimate of drug-likeness (QED) is 0.847. The first-order chi connectivity index (χ1) is 8.24. The van der Waals surface area contributed by atoms with Gasteiger partial charge in [-0.2, -0.15) is 5.26 Å². The number of hydrogen-bond donors (Lipinski definition) is 1. The number of aliphatic hydroxyl groups excluding tert-OH is 1. The van der Waals surface area contributed by atoms with E-state index in [4.69, 9.17) is 4.74 Å². The lowest BCUT2D eigenvalue weighted by Gasteiger charge is -2.38. The standard InChI is InChI=1S/C13H14FNO2/c14-12-4-2-1-3-11(12)13(9-15)5-6-17-8-10(13)7-16/h1-4,10,16H,5-8H2. The summed E-state index contributed by atoms with van der Waals surface area (Å²) in [5.74, 6) is -0.771. The molecular formula is C13H14FNO2. The van der Waals surface area contributed by atoms with Gasteiger partial charge in [0, 0.05) is 24.7 Å². The second-order valence-corrected chi connectivity index (χ2v) is 4.27. The molecule has 4 heteroatoms. The number of aliphatic hydroxyl groups is 1. The zero-order valence-electron chi connectivity index (χ0n) is 9.40. The van der Waals surface area contributed by atoms with Gasteiger partial charge >= 0.3 is 0 Å². The van der Waals surface area contributed by atoms with E-state index in [1.807, 2.05) is 0 Å². The van der Waals surface area contributed by atoms with Crippen molar-refractivity contribution in [2.24, 2.45) is 5.92 Å². The van der Waals surface area contributed by atoms with Crippen LogP contribution in [0.4, 0.5) is 4.39 Å². The van der Waals surface area contributed by atoms with Crippen molar-refractivity contribution in [3.63, 3.8) is 0 Å². The molecule has 3 nitrogen and oxygen atoms in total. The molecule has 2 unspecified atom stereocenters. The van der Waals surface area contributed by atoms with Crippen LogP contribution in [-0.2, 0) is 10.2 Å². The second kappa shape index (κ2) is 4.82. The fraction of sp³-hybridized carbons (Fsp3) is 0.462. The lowest BCUT2D eigenvalue weighted by molar-refractivity contribution is -0.00674. The summed E-state index contributed by atoms with van der Waals surface area (Å²) in [6, 6.07) is 8.46. The topological polar surface area (TPSA) is 53.2 Å². The summed E-state index contributed by atoms with van der Waals surface area (Å²) in [4.78, 5) is 0. The van der Waals surface area contributed by atoms with Gasteiger partial charge in [-0.05, 0) is 12.5 Å². The normalized spacial score (nSPS) is 28.6. The summed E-state index contributed by atoms with van der Waals surface area (Å²) in [5, 5.41) is 18.8. The van der Waals surface area contributed by atoms with E-state index in [1.54, 1.807) is 18.2 Å². The largest absolute Gasteiger partial charge is 0.396 e. The Hall–Kier alpha value is -1.44. The molecule has 0 aromatic heterocycles. The van der Waals surface area contributed by atoms with Gasteiger partial charge in [0.25, 0.3) is 0 Å². The second-order valence-electron chi connectivity index (χ2n) is 4.27. The van der Waals surface area contributed by atoms with Crippen LogP contribution in [0.25, 0.3) is 0 Å². The predicted octanol–water partition coefficient (Wildman–Crippen LogP) is 1.62. The molecule has 0 aliphatic carbocycles. The van der Waals surface area contributed by atoms with E-state index in [1.165, 1.54) is 6.07 Å². The van der Waals surface area contributed by atoms with Crippen molar-refractivity contribution < 1.29 is 14.2 Å². The van der Waals surface area contributed by atoms with Crippen LogP contribution in [0.5, 0.6) is 0 Å². The van der Waals surface area contributed by atoms with E-state index in [0.717, 1.165) is 0 Å². The maximum absolute atomic E-state index is 13.8. The van der Waals surface area contributed by atoms with Crippen molar-refractivity contribution in [1.82, 2.24) is 0 Å². The molecule has 0 spiro atoms. The van der Waals surface area contributed by atoms with Crippen molar-refractivity contribution in [2.45, 2.75) is 11.8 Å². The lowest BCUT2D eigenvalue weighted by Crippen LogP contribution is -2.44. The average Bonchev–Trinajstić information content (AvgIpc) is 2.39. The van der Waals surface area contributed by atoms with E-state index < -0.39 is 11.2 Å². The molecule has 1 aliphatic rings. The fourth-order valence-electron chi connectivity index (χ4n) is 2.40. The van der Waals surface area contributed by atoms with Crippen LogP contribution in [0.1, 0.15) is 12.0 Å². The van der Waals surface area contributed by atoms with Gasteiger partial charge in [0.05, 0.1) is 18.1 Å². The van der Waals surface area contributed by atoms with Gasteiger partial charge in [-0.3, -0.25) is 0 Å². The highest BCUT2D eigenvalue weighted by atomic mass is 19.1. The molecule has 0 saturated carbocycles. The molecule has 1 aliphatic heterocycles. The SMILES string of the molecule is N#CC1(c2ccccc2F)CCOCC1CO. The number of benzene rings is 1. The monoisotopic (exact) mass is 235 g/mol. The summed E-state index contributed by atoms with van der Waals surface area (Å²) >= 11 is 0. The first-order valence-corrected chi connectivity index (χ1v) is 5.59. The van der Waals surface area contributed by atoms with Crippen LogP contribution in [0.15, 0.2) is 24.3 Å². The lowest BCUT2D eigenvalue weighted by atomic mass is 9.68. The summed E-state index contributed by atoms with van der Waals surface area (Å²) in [5.41, 5.74) is -0.608. The minimum absolute atomic E-state index is 0.179. The van der Waals surface area contributed by atoms with Gasteiger partial charge < -0.3 is 9.84 Å². The summed E-state index contributed by atoms with van der Waals surface area (Å²) in [7, 11) is 0. The summed E-state index contributed by atoms with van der Waals surface area (Å²) in [6.45, 7) is 0.526. The van der Waals surface area contributed by atoms with E-state index >= 15 is 0 Å². The van der Waals surface area contributed by atoms with Crippen molar-refractivity contribution in [3.05, 3.63) is 35.6 Å². The Balaban J connectivity index is 2.50. The minimum Gasteiger partial charge on any atom is -0.396 e. The zero-order chi connectivity index (χ0) is 12.3. The zero-order valence-corrected chi connectivity index (χ0v) is 9.40. The molecule has 0 bridgehead atoms. The molecule has 0 radical (unpaired) electrons. The third-order valence-electron chi connectivity index (χ3n) is 3.43. The highest BCUT2D eigenvalue weighted by Gasteiger charge is 2.44. The van der Waals surface area contributed by atoms with E-state index in [9.17, 15) is 14.8 Å². The van der Waals surface area contributed by atoms with Crippen LogP contribution >= 0.6 is 0 Å². The molecule has 1 aromatic carbocycles. The molecule has 90 valence electrons. The molecule has 1 heterocycles. The van der Waals surface area contributed by atoms with Crippen LogP contribution < -0.4 is 0 Å². The first kappa shape index (κ1) is 12.0. The van der Waals surface area contributed by atoms with Crippen molar-refractivity contribution in [3.8, 4) is 6.07 Å². The van der Waals surface area contributed by atoms with Gasteiger partial charge in [0.2, 0.25) is 0 Å². The van der Waals surface area contributed by atoms with E-state index in [0.29, 0.717) is 25.2 Å². The number of nitriles is 1. The number of halogens is 1. The Labute approximate surface area is 99.4 Å². The molecule has 1 fully saturated rings. The van der Waals surface area contributed by atoms with Crippen LogP contribution in [0.2, 0.25) is 0 Å². The Morgan fingerprint density at radius 3 is 2.94 bits per heavy atom. The molecule has 1 saturated heterocycles. The molecule has 0 amide bonds. The molecule has 2 rings (SSSR count).